The Morgan fingerprint density at radius 2 is 1.83 bits per heavy atom. The lowest BCUT2D eigenvalue weighted by Crippen LogP contribution is -2.31. The molecule has 104 valence electrons. The van der Waals surface area contributed by atoms with Crippen LogP contribution in [0.3, 0.4) is 0 Å². The van der Waals surface area contributed by atoms with Crippen molar-refractivity contribution in [3.05, 3.63) is 11.9 Å². The van der Waals surface area contributed by atoms with E-state index in [1.165, 1.54) is 0 Å². The van der Waals surface area contributed by atoms with Crippen molar-refractivity contribution >= 4 is 0 Å². The Morgan fingerprint density at radius 1 is 1.22 bits per heavy atom. The van der Waals surface area contributed by atoms with E-state index < -0.39 is 0 Å². The van der Waals surface area contributed by atoms with Crippen LogP contribution in [0.2, 0.25) is 0 Å². The van der Waals surface area contributed by atoms with Crippen molar-refractivity contribution in [2.75, 3.05) is 19.6 Å². The Morgan fingerprint density at radius 3 is 2.33 bits per heavy atom. The van der Waals surface area contributed by atoms with Crippen molar-refractivity contribution < 1.29 is 0 Å². The molecule has 0 radical (unpaired) electrons. The van der Waals surface area contributed by atoms with Crippen LogP contribution in [-0.4, -0.2) is 39.5 Å². The van der Waals surface area contributed by atoms with Gasteiger partial charge in [0.05, 0.1) is 12.2 Å². The van der Waals surface area contributed by atoms with Crippen molar-refractivity contribution in [3.8, 4) is 0 Å². The normalized spacial score (nSPS) is 12.0. The van der Waals surface area contributed by atoms with Crippen molar-refractivity contribution in [2.45, 2.75) is 40.8 Å². The van der Waals surface area contributed by atoms with Gasteiger partial charge in [0.1, 0.15) is 0 Å². The van der Waals surface area contributed by atoms with Crippen LogP contribution in [0.4, 0.5) is 0 Å². The van der Waals surface area contributed by atoms with Crippen molar-refractivity contribution in [1.29, 1.82) is 0 Å². The average Bonchev–Trinajstić information content (AvgIpc) is 2.64. The zero-order valence-corrected chi connectivity index (χ0v) is 12.1. The summed E-state index contributed by atoms with van der Waals surface area (Å²) in [5, 5.41) is 8.28. The SMILES string of the molecule is CC(C)CN(Cc1cn(CCN)nn1)CC(C)C. The van der Waals surface area contributed by atoms with Gasteiger partial charge >= 0.3 is 0 Å². The van der Waals surface area contributed by atoms with Gasteiger partial charge in [0.25, 0.3) is 0 Å². The maximum atomic E-state index is 5.50. The maximum Gasteiger partial charge on any atom is 0.0967 e. The Kier molecular flexibility index (Phi) is 6.29. The minimum Gasteiger partial charge on any atom is -0.329 e. The number of rotatable bonds is 8. The highest BCUT2D eigenvalue weighted by atomic mass is 15.4. The molecule has 0 aromatic carbocycles. The molecule has 0 fully saturated rings. The fraction of sp³-hybridized carbons (Fsp3) is 0.846. The van der Waals surface area contributed by atoms with E-state index in [0.29, 0.717) is 18.4 Å². The van der Waals surface area contributed by atoms with E-state index in [4.69, 9.17) is 5.73 Å². The second-order valence-electron chi connectivity index (χ2n) is 5.74. The predicted molar refractivity (Wildman–Crippen MR) is 74.0 cm³/mol. The smallest absolute Gasteiger partial charge is 0.0967 e. The van der Waals surface area contributed by atoms with Gasteiger partial charge in [0, 0.05) is 32.4 Å². The second kappa shape index (κ2) is 7.48. The highest BCUT2D eigenvalue weighted by Gasteiger charge is 2.12. The molecule has 0 spiro atoms. The van der Waals surface area contributed by atoms with Crippen LogP contribution in [0.15, 0.2) is 6.20 Å². The highest BCUT2D eigenvalue weighted by Crippen LogP contribution is 2.08. The van der Waals surface area contributed by atoms with Crippen LogP contribution in [0.25, 0.3) is 0 Å². The molecule has 1 aromatic rings. The van der Waals surface area contributed by atoms with Gasteiger partial charge in [-0.1, -0.05) is 32.9 Å². The summed E-state index contributed by atoms with van der Waals surface area (Å²) in [5.41, 5.74) is 6.54. The van der Waals surface area contributed by atoms with Crippen molar-refractivity contribution in [2.24, 2.45) is 17.6 Å². The summed E-state index contributed by atoms with van der Waals surface area (Å²) >= 11 is 0. The van der Waals surface area contributed by atoms with E-state index in [-0.39, 0.29) is 0 Å². The standard InChI is InChI=1S/C13H27N5/c1-11(2)7-17(8-12(3)4)9-13-10-18(6-5-14)16-15-13/h10-12H,5-9,14H2,1-4H3. The predicted octanol–water partition coefficient (Wildman–Crippen LogP) is 1.35. The summed E-state index contributed by atoms with van der Waals surface area (Å²) in [6, 6.07) is 0. The maximum absolute atomic E-state index is 5.50. The number of nitrogens with zero attached hydrogens (tertiary/aromatic N) is 4. The van der Waals surface area contributed by atoms with Gasteiger partial charge < -0.3 is 5.73 Å². The molecule has 18 heavy (non-hydrogen) atoms. The largest absolute Gasteiger partial charge is 0.329 e. The van der Waals surface area contributed by atoms with Gasteiger partial charge in [-0.3, -0.25) is 9.58 Å². The van der Waals surface area contributed by atoms with Gasteiger partial charge in [-0.05, 0) is 11.8 Å². The first-order valence-electron chi connectivity index (χ1n) is 6.82. The summed E-state index contributed by atoms with van der Waals surface area (Å²) in [7, 11) is 0. The molecule has 1 aromatic heterocycles. The van der Waals surface area contributed by atoms with Crippen LogP contribution < -0.4 is 5.73 Å². The monoisotopic (exact) mass is 253 g/mol. The summed E-state index contributed by atoms with van der Waals surface area (Å²) in [6.07, 6.45) is 2.00. The Balaban J connectivity index is 2.57. The molecule has 0 atom stereocenters. The summed E-state index contributed by atoms with van der Waals surface area (Å²) < 4.78 is 1.82. The third kappa shape index (κ3) is 5.60. The summed E-state index contributed by atoms with van der Waals surface area (Å²) in [6.45, 7) is 13.4. The van der Waals surface area contributed by atoms with Crippen molar-refractivity contribution in [3.63, 3.8) is 0 Å². The van der Waals surface area contributed by atoms with E-state index >= 15 is 0 Å². The lowest BCUT2D eigenvalue weighted by atomic mass is 10.1. The number of hydrogen-bond donors (Lipinski definition) is 1. The topological polar surface area (TPSA) is 60.0 Å². The Bertz CT molecular complexity index is 322. The Labute approximate surface area is 110 Å². The zero-order valence-electron chi connectivity index (χ0n) is 12.1. The van der Waals surface area contributed by atoms with Gasteiger partial charge in [0.15, 0.2) is 0 Å². The van der Waals surface area contributed by atoms with E-state index in [1.807, 2.05) is 10.9 Å². The first-order chi connectivity index (χ1) is 8.51. The molecule has 0 bridgehead atoms. The molecule has 0 saturated heterocycles. The first kappa shape index (κ1) is 15.1. The molecule has 1 rings (SSSR count). The lowest BCUT2D eigenvalue weighted by molar-refractivity contribution is 0.209. The molecule has 0 aliphatic carbocycles. The molecule has 0 aliphatic rings. The van der Waals surface area contributed by atoms with E-state index in [9.17, 15) is 0 Å². The minimum atomic E-state index is 0.602. The van der Waals surface area contributed by atoms with E-state index in [1.54, 1.807) is 0 Å². The lowest BCUT2D eigenvalue weighted by Gasteiger charge is -2.24. The second-order valence-corrected chi connectivity index (χ2v) is 5.74. The Hall–Kier alpha value is -0.940. The van der Waals surface area contributed by atoms with Crippen molar-refractivity contribution in [1.82, 2.24) is 19.9 Å². The van der Waals surface area contributed by atoms with Crippen LogP contribution in [-0.2, 0) is 13.1 Å². The molecular formula is C13H27N5. The molecular weight excluding hydrogens is 226 g/mol. The molecule has 0 saturated carbocycles. The van der Waals surface area contributed by atoms with Crippen LogP contribution in [0.1, 0.15) is 33.4 Å². The van der Waals surface area contributed by atoms with Crippen LogP contribution >= 0.6 is 0 Å². The molecule has 5 nitrogen and oxygen atoms in total. The fourth-order valence-corrected chi connectivity index (χ4v) is 2.12. The van der Waals surface area contributed by atoms with Gasteiger partial charge in [-0.15, -0.1) is 5.10 Å². The van der Waals surface area contributed by atoms with Gasteiger partial charge in [0.2, 0.25) is 0 Å². The van der Waals surface area contributed by atoms with Crippen LogP contribution in [0.5, 0.6) is 0 Å². The van der Waals surface area contributed by atoms with Gasteiger partial charge in [-0.25, -0.2) is 0 Å². The quantitative estimate of drug-likeness (QED) is 0.760. The average molecular weight is 253 g/mol. The van der Waals surface area contributed by atoms with Gasteiger partial charge in [-0.2, -0.15) is 0 Å². The van der Waals surface area contributed by atoms with E-state index in [2.05, 4.69) is 42.9 Å². The van der Waals surface area contributed by atoms with E-state index in [0.717, 1.165) is 31.9 Å². The molecule has 5 heteroatoms. The third-order valence-electron chi connectivity index (χ3n) is 2.58. The number of nitrogens with two attached hydrogens (primary N) is 1. The molecule has 0 amide bonds. The summed E-state index contributed by atoms with van der Waals surface area (Å²) in [4.78, 5) is 2.45. The number of hydrogen-bond acceptors (Lipinski definition) is 4. The minimum absolute atomic E-state index is 0.602. The molecule has 2 N–H and O–H groups in total. The zero-order chi connectivity index (χ0) is 13.5. The third-order valence-corrected chi connectivity index (χ3v) is 2.58. The first-order valence-corrected chi connectivity index (χ1v) is 6.82. The number of aromatic nitrogens is 3. The molecule has 0 aliphatic heterocycles. The molecule has 0 unspecified atom stereocenters. The molecule has 1 heterocycles. The van der Waals surface area contributed by atoms with Crippen LogP contribution in [0, 0.1) is 11.8 Å². The highest BCUT2D eigenvalue weighted by molar-refractivity contribution is 4.92. The summed E-state index contributed by atoms with van der Waals surface area (Å²) in [5.74, 6) is 1.34. The fourth-order valence-electron chi connectivity index (χ4n) is 2.12.